The molecule has 1 saturated heterocycles. The first-order chi connectivity index (χ1) is 13.4. The molecule has 0 unspecified atom stereocenters. The molecular weight excluding hydrogens is 418 g/mol. The van der Waals surface area contributed by atoms with Gasteiger partial charge >= 0.3 is 6.03 Å². The molecule has 148 valence electrons. The minimum Gasteiger partial charge on any atom is -0.352 e. The van der Waals surface area contributed by atoms with Crippen LogP contribution in [0.1, 0.15) is 30.9 Å². The van der Waals surface area contributed by atoms with Gasteiger partial charge in [-0.3, -0.25) is 4.79 Å². The summed E-state index contributed by atoms with van der Waals surface area (Å²) in [7, 11) is 0. The van der Waals surface area contributed by atoms with Crippen molar-refractivity contribution in [1.29, 1.82) is 0 Å². The minimum absolute atomic E-state index is 0.0557. The van der Waals surface area contributed by atoms with Crippen LogP contribution in [-0.2, 0) is 11.3 Å². The Morgan fingerprint density at radius 3 is 2.43 bits per heavy atom. The van der Waals surface area contributed by atoms with Crippen LogP contribution >= 0.6 is 15.9 Å². The average molecular weight is 444 g/mol. The molecule has 1 heterocycles. The third-order valence-corrected chi connectivity index (χ3v) is 5.85. The third-order valence-electron chi connectivity index (χ3n) is 5.35. The number of carbonyl (C=O) groups excluding carboxylic acids is 2. The molecule has 3 rings (SSSR count). The van der Waals surface area contributed by atoms with Crippen molar-refractivity contribution in [3.05, 3.63) is 64.1 Å². The van der Waals surface area contributed by atoms with E-state index in [0.29, 0.717) is 32.5 Å². The second-order valence-electron chi connectivity index (χ2n) is 7.66. The molecule has 0 aliphatic carbocycles. The number of hydrogen-bond donors (Lipinski definition) is 2. The second kappa shape index (κ2) is 8.78. The standard InChI is InChI=1S/C22H26BrN3O2/c1-16-6-8-17(9-7-16)15-24-20(27)22(2)10-12-26(13-11-22)21(28)25-19-5-3-4-18(23)14-19/h3-9,14H,10-13,15H2,1-2H3,(H,24,27)(H,25,28). The lowest BCUT2D eigenvalue weighted by atomic mass is 9.79. The number of urea groups is 1. The SMILES string of the molecule is Cc1ccc(CNC(=O)C2(C)CCN(C(=O)Nc3cccc(Br)c3)CC2)cc1. The Bertz CT molecular complexity index is 843. The second-order valence-corrected chi connectivity index (χ2v) is 8.57. The molecule has 0 atom stereocenters. The van der Waals surface area contributed by atoms with Crippen molar-refractivity contribution in [2.75, 3.05) is 18.4 Å². The molecule has 0 bridgehead atoms. The summed E-state index contributed by atoms with van der Waals surface area (Å²) in [5.41, 5.74) is 2.60. The maximum absolute atomic E-state index is 12.7. The van der Waals surface area contributed by atoms with Crippen LogP contribution in [0.4, 0.5) is 10.5 Å². The largest absolute Gasteiger partial charge is 0.352 e. The van der Waals surface area contributed by atoms with Crippen LogP contribution in [0.3, 0.4) is 0 Å². The molecule has 0 aromatic heterocycles. The van der Waals surface area contributed by atoms with Gasteiger partial charge in [0, 0.05) is 35.2 Å². The summed E-state index contributed by atoms with van der Waals surface area (Å²) < 4.78 is 0.918. The third kappa shape index (κ3) is 5.13. The average Bonchev–Trinajstić information content (AvgIpc) is 2.68. The van der Waals surface area contributed by atoms with E-state index in [1.54, 1.807) is 4.90 Å². The number of nitrogens with one attached hydrogen (secondary N) is 2. The summed E-state index contributed by atoms with van der Waals surface area (Å²) >= 11 is 3.40. The highest BCUT2D eigenvalue weighted by Gasteiger charge is 2.37. The summed E-state index contributed by atoms with van der Waals surface area (Å²) in [6, 6.07) is 15.6. The fourth-order valence-electron chi connectivity index (χ4n) is 3.30. The molecule has 1 aliphatic rings. The van der Waals surface area contributed by atoms with E-state index >= 15 is 0 Å². The fourth-order valence-corrected chi connectivity index (χ4v) is 3.70. The summed E-state index contributed by atoms with van der Waals surface area (Å²) in [5, 5.41) is 5.97. The van der Waals surface area contributed by atoms with Crippen LogP contribution < -0.4 is 10.6 Å². The number of likely N-dealkylation sites (tertiary alicyclic amines) is 1. The van der Waals surface area contributed by atoms with Crippen LogP contribution in [0.15, 0.2) is 53.0 Å². The van der Waals surface area contributed by atoms with Crippen molar-refractivity contribution < 1.29 is 9.59 Å². The summed E-state index contributed by atoms with van der Waals surface area (Å²) in [4.78, 5) is 27.0. The molecule has 0 saturated carbocycles. The Labute approximate surface area is 174 Å². The molecule has 1 fully saturated rings. The number of hydrogen-bond acceptors (Lipinski definition) is 2. The van der Waals surface area contributed by atoms with Crippen LogP contribution in [-0.4, -0.2) is 29.9 Å². The predicted molar refractivity (Wildman–Crippen MR) is 115 cm³/mol. The summed E-state index contributed by atoms with van der Waals surface area (Å²) in [6.07, 6.45) is 1.30. The van der Waals surface area contributed by atoms with Crippen molar-refractivity contribution in [3.63, 3.8) is 0 Å². The van der Waals surface area contributed by atoms with Gasteiger partial charge in [0.15, 0.2) is 0 Å². The zero-order chi connectivity index (χ0) is 20.1. The number of nitrogens with zero attached hydrogens (tertiary/aromatic N) is 1. The van der Waals surface area contributed by atoms with Crippen LogP contribution in [0.2, 0.25) is 0 Å². The summed E-state index contributed by atoms with van der Waals surface area (Å²) in [6.45, 7) is 5.69. The van der Waals surface area contributed by atoms with Gasteiger partial charge in [-0.05, 0) is 43.5 Å². The highest BCUT2D eigenvalue weighted by molar-refractivity contribution is 9.10. The lowest BCUT2D eigenvalue weighted by Crippen LogP contribution is -2.49. The Hall–Kier alpha value is -2.34. The Morgan fingerprint density at radius 1 is 1.11 bits per heavy atom. The number of piperidine rings is 1. The number of aryl methyl sites for hydroxylation is 1. The molecular formula is C22H26BrN3O2. The van der Waals surface area contributed by atoms with E-state index in [4.69, 9.17) is 0 Å². The topological polar surface area (TPSA) is 61.4 Å². The van der Waals surface area contributed by atoms with Crippen LogP contribution in [0.25, 0.3) is 0 Å². The van der Waals surface area contributed by atoms with E-state index in [-0.39, 0.29) is 11.9 Å². The first-order valence-corrected chi connectivity index (χ1v) is 10.3. The van der Waals surface area contributed by atoms with Gasteiger partial charge in [0.05, 0.1) is 0 Å². The van der Waals surface area contributed by atoms with Crippen LogP contribution in [0, 0.1) is 12.3 Å². The Balaban J connectivity index is 1.50. The number of anilines is 1. The molecule has 6 heteroatoms. The lowest BCUT2D eigenvalue weighted by molar-refractivity contribution is -0.132. The monoisotopic (exact) mass is 443 g/mol. The van der Waals surface area contributed by atoms with E-state index < -0.39 is 5.41 Å². The van der Waals surface area contributed by atoms with E-state index in [1.165, 1.54) is 5.56 Å². The first kappa shape index (κ1) is 20.4. The molecule has 0 radical (unpaired) electrons. The van der Waals surface area contributed by atoms with E-state index in [9.17, 15) is 9.59 Å². The molecule has 5 nitrogen and oxygen atoms in total. The van der Waals surface area contributed by atoms with E-state index in [0.717, 1.165) is 15.7 Å². The van der Waals surface area contributed by atoms with Gasteiger partial charge in [0.25, 0.3) is 0 Å². The zero-order valence-corrected chi connectivity index (χ0v) is 17.9. The predicted octanol–water partition coefficient (Wildman–Crippen LogP) is 4.71. The van der Waals surface area contributed by atoms with Gasteiger partial charge in [0.2, 0.25) is 5.91 Å². The van der Waals surface area contributed by atoms with Crippen LogP contribution in [0.5, 0.6) is 0 Å². The lowest BCUT2D eigenvalue weighted by Gasteiger charge is -2.38. The highest BCUT2D eigenvalue weighted by Crippen LogP contribution is 2.31. The van der Waals surface area contributed by atoms with Gasteiger partial charge < -0.3 is 15.5 Å². The quantitative estimate of drug-likeness (QED) is 0.718. The molecule has 2 aromatic carbocycles. The number of benzene rings is 2. The highest BCUT2D eigenvalue weighted by atomic mass is 79.9. The zero-order valence-electron chi connectivity index (χ0n) is 16.3. The molecule has 3 amide bonds. The molecule has 2 N–H and O–H groups in total. The number of amides is 3. The van der Waals surface area contributed by atoms with Gasteiger partial charge in [-0.1, -0.05) is 58.7 Å². The Kier molecular flexibility index (Phi) is 6.39. The summed E-state index contributed by atoms with van der Waals surface area (Å²) in [5.74, 6) is 0.0557. The maximum atomic E-state index is 12.7. The first-order valence-electron chi connectivity index (χ1n) is 9.51. The number of rotatable bonds is 4. The molecule has 1 aliphatic heterocycles. The van der Waals surface area contributed by atoms with E-state index in [1.807, 2.05) is 62.4 Å². The van der Waals surface area contributed by atoms with Crippen molar-refractivity contribution in [3.8, 4) is 0 Å². The van der Waals surface area contributed by atoms with Crippen molar-refractivity contribution in [2.45, 2.75) is 33.2 Å². The Morgan fingerprint density at radius 2 is 1.79 bits per heavy atom. The molecule has 2 aromatic rings. The van der Waals surface area contributed by atoms with Crippen molar-refractivity contribution in [1.82, 2.24) is 10.2 Å². The van der Waals surface area contributed by atoms with Crippen molar-refractivity contribution in [2.24, 2.45) is 5.41 Å². The smallest absolute Gasteiger partial charge is 0.321 e. The van der Waals surface area contributed by atoms with Gasteiger partial charge in [-0.2, -0.15) is 0 Å². The maximum Gasteiger partial charge on any atom is 0.321 e. The van der Waals surface area contributed by atoms with Crippen molar-refractivity contribution >= 4 is 33.6 Å². The molecule has 0 spiro atoms. The van der Waals surface area contributed by atoms with E-state index in [2.05, 4.69) is 26.6 Å². The number of carbonyl (C=O) groups is 2. The fraction of sp³-hybridized carbons (Fsp3) is 0.364. The molecule has 28 heavy (non-hydrogen) atoms. The van der Waals surface area contributed by atoms with Gasteiger partial charge in [-0.15, -0.1) is 0 Å². The van der Waals surface area contributed by atoms with Gasteiger partial charge in [0.1, 0.15) is 0 Å². The minimum atomic E-state index is -0.447. The van der Waals surface area contributed by atoms with Gasteiger partial charge in [-0.25, -0.2) is 4.79 Å². The normalized spacial score (nSPS) is 15.8. The number of halogens is 1.